The Morgan fingerprint density at radius 1 is 1.22 bits per heavy atom. The first-order valence-electron chi connectivity index (χ1n) is 9.15. The van der Waals surface area contributed by atoms with Crippen LogP contribution < -0.4 is 15.8 Å². The lowest BCUT2D eigenvalue weighted by molar-refractivity contribution is -0.117. The van der Waals surface area contributed by atoms with Crippen molar-refractivity contribution in [1.29, 1.82) is 0 Å². The van der Waals surface area contributed by atoms with Crippen LogP contribution in [-0.4, -0.2) is 43.5 Å². The highest BCUT2D eigenvalue weighted by Crippen LogP contribution is 2.37. The molecule has 0 unspecified atom stereocenters. The first-order valence-corrected chi connectivity index (χ1v) is 9.97. The number of carbonyl (C=O) groups excluding carboxylic acids is 2. The molecule has 0 spiro atoms. The summed E-state index contributed by atoms with van der Waals surface area (Å²) >= 11 is 1.48. The van der Waals surface area contributed by atoms with Crippen molar-refractivity contribution >= 4 is 28.2 Å². The van der Waals surface area contributed by atoms with E-state index >= 15 is 0 Å². The number of ether oxygens (including phenoxy) is 1. The minimum atomic E-state index is -0.464. The average molecular weight is 388 g/mol. The second kappa shape index (κ2) is 9.01. The predicted octanol–water partition coefficient (Wildman–Crippen LogP) is 2.68. The lowest BCUT2D eigenvalue weighted by Gasteiger charge is -2.16. The van der Waals surface area contributed by atoms with E-state index < -0.39 is 5.91 Å². The topological polar surface area (TPSA) is 84.7 Å². The number of nitrogens with two attached hydrogens (primary N) is 1. The molecule has 1 aliphatic rings. The average Bonchev–Trinajstić information content (AvgIpc) is 3.00. The molecule has 1 aromatic carbocycles. The number of hydrogen-bond donors (Lipinski definition) is 2. The third-order valence-corrected chi connectivity index (χ3v) is 5.78. The van der Waals surface area contributed by atoms with Crippen LogP contribution in [0.5, 0.6) is 5.75 Å². The van der Waals surface area contributed by atoms with Crippen LogP contribution in [0.2, 0.25) is 0 Å². The third kappa shape index (κ3) is 5.08. The minimum absolute atomic E-state index is 0.154. The summed E-state index contributed by atoms with van der Waals surface area (Å²) in [6.45, 7) is 1.33. The summed E-state index contributed by atoms with van der Waals surface area (Å²) in [4.78, 5) is 27.4. The van der Waals surface area contributed by atoms with Crippen LogP contribution in [0.25, 0.3) is 0 Å². The molecule has 3 N–H and O–H groups in total. The van der Waals surface area contributed by atoms with E-state index in [1.54, 1.807) is 0 Å². The fourth-order valence-electron chi connectivity index (χ4n) is 3.24. The highest BCUT2D eigenvalue weighted by molar-refractivity contribution is 7.17. The Morgan fingerprint density at radius 3 is 2.70 bits per heavy atom. The van der Waals surface area contributed by atoms with Crippen LogP contribution in [0.4, 0.5) is 5.00 Å². The maximum Gasteiger partial charge on any atom is 0.251 e. The molecule has 2 amide bonds. The van der Waals surface area contributed by atoms with E-state index in [9.17, 15) is 9.59 Å². The van der Waals surface area contributed by atoms with Gasteiger partial charge in [0.25, 0.3) is 5.91 Å². The number of nitrogens with one attached hydrogen (secondary N) is 1. The van der Waals surface area contributed by atoms with Gasteiger partial charge in [0.1, 0.15) is 17.4 Å². The fraction of sp³-hybridized carbons (Fsp3) is 0.400. The van der Waals surface area contributed by atoms with Gasteiger partial charge in [0.2, 0.25) is 5.91 Å². The maximum absolute atomic E-state index is 12.4. The molecule has 2 aromatic rings. The fourth-order valence-corrected chi connectivity index (χ4v) is 4.55. The maximum atomic E-state index is 12.4. The lowest BCUT2D eigenvalue weighted by Crippen LogP contribution is -2.33. The van der Waals surface area contributed by atoms with Gasteiger partial charge < -0.3 is 15.8 Å². The summed E-state index contributed by atoms with van der Waals surface area (Å²) in [5, 5.41) is 3.48. The molecular weight excluding hydrogens is 362 g/mol. The van der Waals surface area contributed by atoms with E-state index in [1.807, 2.05) is 42.3 Å². The van der Waals surface area contributed by atoms with Gasteiger partial charge in [-0.15, -0.1) is 11.3 Å². The molecule has 27 heavy (non-hydrogen) atoms. The molecule has 6 nitrogen and oxygen atoms in total. The van der Waals surface area contributed by atoms with E-state index in [4.69, 9.17) is 10.5 Å². The quantitative estimate of drug-likeness (QED) is 0.729. The number of likely N-dealkylation sites (N-methyl/N-ethyl adjacent to an activating group) is 1. The summed E-state index contributed by atoms with van der Waals surface area (Å²) in [6.07, 6.45) is 3.98. The van der Waals surface area contributed by atoms with E-state index in [-0.39, 0.29) is 12.5 Å². The van der Waals surface area contributed by atoms with Gasteiger partial charge in [-0.25, -0.2) is 0 Å². The zero-order valence-electron chi connectivity index (χ0n) is 15.5. The lowest BCUT2D eigenvalue weighted by atomic mass is 9.95. The van der Waals surface area contributed by atoms with Crippen molar-refractivity contribution in [3.05, 3.63) is 46.3 Å². The number of para-hydroxylation sites is 1. The van der Waals surface area contributed by atoms with Crippen LogP contribution in [0.15, 0.2) is 30.3 Å². The summed E-state index contributed by atoms with van der Waals surface area (Å²) in [7, 11) is 1.86. The largest absolute Gasteiger partial charge is 0.492 e. The van der Waals surface area contributed by atoms with Crippen LogP contribution in [0.3, 0.4) is 0 Å². The number of nitrogens with zero attached hydrogens (tertiary/aromatic N) is 1. The second-order valence-corrected chi connectivity index (χ2v) is 7.83. The first kappa shape index (κ1) is 19.4. The van der Waals surface area contributed by atoms with Crippen LogP contribution in [0.1, 0.15) is 33.6 Å². The Balaban J connectivity index is 1.53. The van der Waals surface area contributed by atoms with Gasteiger partial charge in [-0.1, -0.05) is 18.2 Å². The normalized spacial score (nSPS) is 13.3. The molecule has 0 saturated carbocycles. The number of carbonyl (C=O) groups is 2. The zero-order chi connectivity index (χ0) is 19.2. The molecule has 3 rings (SSSR count). The molecule has 7 heteroatoms. The first-order chi connectivity index (χ1) is 13.0. The molecular formula is C20H25N3O3S. The van der Waals surface area contributed by atoms with Crippen LogP contribution in [-0.2, 0) is 17.6 Å². The number of aryl methyl sites for hydroxylation is 1. The van der Waals surface area contributed by atoms with Crippen molar-refractivity contribution in [2.45, 2.75) is 25.7 Å². The smallest absolute Gasteiger partial charge is 0.251 e. The van der Waals surface area contributed by atoms with Crippen molar-refractivity contribution in [2.24, 2.45) is 5.73 Å². The van der Waals surface area contributed by atoms with E-state index in [1.165, 1.54) is 16.2 Å². The third-order valence-electron chi connectivity index (χ3n) is 4.57. The van der Waals surface area contributed by atoms with Gasteiger partial charge >= 0.3 is 0 Å². The Labute approximate surface area is 163 Å². The number of amides is 2. The highest BCUT2D eigenvalue weighted by Gasteiger charge is 2.25. The number of fused-ring (bicyclic) bond motifs is 1. The van der Waals surface area contributed by atoms with Crippen LogP contribution in [0, 0.1) is 0 Å². The number of anilines is 1. The molecule has 1 heterocycles. The Kier molecular flexibility index (Phi) is 6.47. The number of thiophene rings is 1. The van der Waals surface area contributed by atoms with E-state index in [2.05, 4.69) is 5.32 Å². The van der Waals surface area contributed by atoms with Crippen molar-refractivity contribution in [1.82, 2.24) is 4.90 Å². The highest BCUT2D eigenvalue weighted by atomic mass is 32.1. The summed E-state index contributed by atoms with van der Waals surface area (Å²) in [5.74, 6) is 0.193. The summed E-state index contributed by atoms with van der Waals surface area (Å²) < 4.78 is 5.65. The summed E-state index contributed by atoms with van der Waals surface area (Å²) in [5.41, 5.74) is 7.10. The molecule has 0 radical (unpaired) electrons. The molecule has 1 aliphatic carbocycles. The van der Waals surface area contributed by atoms with Crippen molar-refractivity contribution < 1.29 is 14.3 Å². The molecule has 0 aliphatic heterocycles. The Bertz CT molecular complexity index is 804. The standard InChI is InChI=1S/C20H25N3O3S/c1-23(11-12-26-14-7-3-2-4-8-14)13-17(24)22-20-18(19(21)25)15-9-5-6-10-16(15)27-20/h2-4,7-8H,5-6,9-13H2,1H3,(H2,21,25)(H,22,24). The van der Waals surface area contributed by atoms with Crippen LogP contribution >= 0.6 is 11.3 Å². The molecule has 144 valence electrons. The SMILES string of the molecule is CN(CCOc1ccccc1)CC(=O)Nc1sc2c(c1C(N)=O)CCCC2. The number of primary amides is 1. The Morgan fingerprint density at radius 2 is 1.96 bits per heavy atom. The second-order valence-electron chi connectivity index (χ2n) is 6.73. The number of benzene rings is 1. The van der Waals surface area contributed by atoms with Crippen molar-refractivity contribution in [2.75, 3.05) is 32.1 Å². The van der Waals surface area contributed by atoms with E-state index in [0.29, 0.717) is 23.7 Å². The molecule has 0 bridgehead atoms. The predicted molar refractivity (Wildman–Crippen MR) is 108 cm³/mol. The Hall–Kier alpha value is -2.38. The minimum Gasteiger partial charge on any atom is -0.492 e. The monoisotopic (exact) mass is 387 g/mol. The van der Waals surface area contributed by atoms with Gasteiger partial charge in [-0.2, -0.15) is 0 Å². The van der Waals surface area contributed by atoms with Gasteiger partial charge in [-0.3, -0.25) is 14.5 Å². The van der Waals surface area contributed by atoms with Gasteiger partial charge in [0, 0.05) is 11.4 Å². The van der Waals surface area contributed by atoms with Crippen molar-refractivity contribution in [3.63, 3.8) is 0 Å². The molecule has 0 fully saturated rings. The van der Waals surface area contributed by atoms with Crippen molar-refractivity contribution in [3.8, 4) is 5.75 Å². The number of rotatable bonds is 8. The van der Waals surface area contributed by atoms with E-state index in [0.717, 1.165) is 37.0 Å². The summed E-state index contributed by atoms with van der Waals surface area (Å²) in [6, 6.07) is 9.58. The van der Waals surface area contributed by atoms with Gasteiger partial charge in [0.05, 0.1) is 12.1 Å². The van der Waals surface area contributed by atoms with Gasteiger partial charge in [0.15, 0.2) is 0 Å². The van der Waals surface area contributed by atoms with Gasteiger partial charge in [-0.05, 0) is 50.4 Å². The number of hydrogen-bond acceptors (Lipinski definition) is 5. The molecule has 0 atom stereocenters. The molecule has 1 aromatic heterocycles. The molecule has 0 saturated heterocycles. The zero-order valence-corrected chi connectivity index (χ0v) is 16.3.